The molecule has 0 atom stereocenters. The van der Waals surface area contributed by atoms with E-state index in [1.54, 1.807) is 0 Å². The van der Waals surface area contributed by atoms with Crippen LogP contribution in [-0.4, -0.2) is 11.8 Å². The van der Waals surface area contributed by atoms with E-state index in [9.17, 15) is 26.3 Å². The lowest BCUT2D eigenvalue weighted by atomic mass is 11.5. The summed E-state index contributed by atoms with van der Waals surface area (Å²) in [7, 11) is -2.95. The van der Waals surface area contributed by atoms with Crippen molar-refractivity contribution in [3.63, 3.8) is 0 Å². The van der Waals surface area contributed by atoms with Crippen molar-refractivity contribution in [3.8, 4) is 0 Å². The Hall–Kier alpha value is 0.01000. The van der Waals surface area contributed by atoms with Gasteiger partial charge in [-0.3, -0.25) is 0 Å². The SMILES string of the molecule is FC(F)(F)PC(F)(F)F. The second-order valence-electron chi connectivity index (χ2n) is 1.12. The zero-order valence-corrected chi connectivity index (χ0v) is 4.77. The summed E-state index contributed by atoms with van der Waals surface area (Å²) in [4.78, 5) is 0. The van der Waals surface area contributed by atoms with Gasteiger partial charge in [0.05, 0.1) is 0 Å². The van der Waals surface area contributed by atoms with E-state index in [1.807, 2.05) is 0 Å². The van der Waals surface area contributed by atoms with Gasteiger partial charge < -0.3 is 0 Å². The summed E-state index contributed by atoms with van der Waals surface area (Å²) in [5, 5.41) is 0. The average Bonchev–Trinajstić information content (AvgIpc) is 1.14. The summed E-state index contributed by atoms with van der Waals surface area (Å²) >= 11 is 0. The molecule has 0 saturated heterocycles. The van der Waals surface area contributed by atoms with E-state index >= 15 is 0 Å². The maximum Gasteiger partial charge on any atom is 0.411 e. The monoisotopic (exact) mass is 170 g/mol. The molecule has 0 aliphatic carbocycles. The van der Waals surface area contributed by atoms with Crippen molar-refractivity contribution in [2.24, 2.45) is 0 Å². The molecule has 9 heavy (non-hydrogen) atoms. The van der Waals surface area contributed by atoms with Crippen LogP contribution in [0.15, 0.2) is 0 Å². The maximum atomic E-state index is 10.8. The molecule has 0 spiro atoms. The molecule has 0 aromatic carbocycles. The summed E-state index contributed by atoms with van der Waals surface area (Å²) in [6.07, 6.45) is 0. The molecule has 0 aromatic rings. The standard InChI is InChI=1S/C2HF6P/c3-1(4,5)9-2(6,7)8/h9H. The minimum absolute atomic E-state index is 2.95. The highest BCUT2D eigenvalue weighted by molar-refractivity contribution is 7.40. The first-order valence-corrected chi connectivity index (χ1v) is 2.63. The van der Waals surface area contributed by atoms with E-state index in [-0.39, 0.29) is 0 Å². The van der Waals surface area contributed by atoms with Crippen molar-refractivity contribution in [2.45, 2.75) is 11.8 Å². The van der Waals surface area contributed by atoms with Crippen LogP contribution in [0.5, 0.6) is 0 Å². The van der Waals surface area contributed by atoms with Gasteiger partial charge >= 0.3 is 11.8 Å². The Balaban J connectivity index is 3.75. The summed E-state index contributed by atoms with van der Waals surface area (Å²) in [6.45, 7) is 0. The molecule has 0 unspecified atom stereocenters. The molecule has 0 bridgehead atoms. The van der Waals surface area contributed by atoms with E-state index < -0.39 is 20.4 Å². The van der Waals surface area contributed by atoms with Crippen LogP contribution in [0, 0.1) is 0 Å². The van der Waals surface area contributed by atoms with Crippen LogP contribution < -0.4 is 0 Å². The van der Waals surface area contributed by atoms with Crippen molar-refractivity contribution < 1.29 is 26.3 Å². The molecular formula is C2HF6P. The van der Waals surface area contributed by atoms with Gasteiger partial charge in [-0.05, 0) is 0 Å². The average molecular weight is 170 g/mol. The largest absolute Gasteiger partial charge is 0.411 e. The third-order valence-corrected chi connectivity index (χ3v) is 0.850. The van der Waals surface area contributed by atoms with Gasteiger partial charge in [0, 0.05) is 0 Å². The van der Waals surface area contributed by atoms with Crippen LogP contribution in [0.25, 0.3) is 0 Å². The maximum absolute atomic E-state index is 10.8. The first kappa shape index (κ1) is 9.01. The zero-order chi connectivity index (χ0) is 7.71. The Morgan fingerprint density at radius 1 is 0.667 bits per heavy atom. The van der Waals surface area contributed by atoms with Gasteiger partial charge in [0.25, 0.3) is 0 Å². The Bertz CT molecular complexity index is 76.2. The molecule has 7 heteroatoms. The highest BCUT2D eigenvalue weighted by atomic mass is 31.1. The van der Waals surface area contributed by atoms with Crippen LogP contribution >= 0.6 is 8.58 Å². The summed E-state index contributed by atoms with van der Waals surface area (Å²) in [6, 6.07) is 0. The molecule has 0 nitrogen and oxygen atoms in total. The zero-order valence-electron chi connectivity index (χ0n) is 3.77. The van der Waals surface area contributed by atoms with Crippen LogP contribution in [0.3, 0.4) is 0 Å². The lowest BCUT2D eigenvalue weighted by molar-refractivity contribution is -0.0775. The van der Waals surface area contributed by atoms with Crippen molar-refractivity contribution >= 4 is 8.58 Å². The van der Waals surface area contributed by atoms with Gasteiger partial charge in [-0.15, -0.1) is 0 Å². The van der Waals surface area contributed by atoms with E-state index in [0.29, 0.717) is 0 Å². The first-order chi connectivity index (χ1) is 3.71. The molecule has 56 valence electrons. The van der Waals surface area contributed by atoms with Gasteiger partial charge in [0.15, 0.2) is 0 Å². The fourth-order valence-corrected chi connectivity index (χ4v) is 0.482. The smallest absolute Gasteiger partial charge is 0.167 e. The predicted octanol–water partition coefficient (Wildman–Crippen LogP) is 2.70. The molecule has 0 aliphatic rings. The predicted molar refractivity (Wildman–Crippen MR) is 20.4 cm³/mol. The fourth-order valence-electron chi connectivity index (χ4n) is 0.161. The van der Waals surface area contributed by atoms with Crippen molar-refractivity contribution in [2.75, 3.05) is 0 Å². The second kappa shape index (κ2) is 2.33. The van der Waals surface area contributed by atoms with E-state index in [0.717, 1.165) is 0 Å². The molecule has 0 aliphatic heterocycles. The van der Waals surface area contributed by atoms with Gasteiger partial charge in [0.2, 0.25) is 0 Å². The van der Waals surface area contributed by atoms with Gasteiger partial charge in [-0.1, -0.05) is 0 Å². The normalized spacial score (nSPS) is 14.0. The third kappa shape index (κ3) is 8.01. The molecule has 0 fully saturated rings. The fraction of sp³-hybridized carbons (Fsp3) is 1.00. The Labute approximate surface area is 48.0 Å². The molecule has 0 aromatic heterocycles. The lowest BCUT2D eigenvalue weighted by Gasteiger charge is -2.07. The lowest BCUT2D eigenvalue weighted by Crippen LogP contribution is -2.08. The Kier molecular flexibility index (Phi) is 2.33. The van der Waals surface area contributed by atoms with Crippen LogP contribution in [-0.2, 0) is 0 Å². The van der Waals surface area contributed by atoms with Crippen molar-refractivity contribution in [3.05, 3.63) is 0 Å². The van der Waals surface area contributed by atoms with Crippen LogP contribution in [0.1, 0.15) is 0 Å². The highest BCUT2D eigenvalue weighted by Gasteiger charge is 2.43. The third-order valence-electron chi connectivity index (χ3n) is 0.283. The van der Waals surface area contributed by atoms with Gasteiger partial charge in [-0.2, -0.15) is 26.3 Å². The topological polar surface area (TPSA) is 0 Å². The summed E-state index contributed by atoms with van der Waals surface area (Å²) in [5.41, 5.74) is 0. The van der Waals surface area contributed by atoms with Gasteiger partial charge in [-0.25, -0.2) is 0 Å². The number of hydrogen-bond donors (Lipinski definition) is 0. The molecule has 0 radical (unpaired) electrons. The molecule has 0 amide bonds. The van der Waals surface area contributed by atoms with E-state index in [4.69, 9.17) is 0 Å². The minimum Gasteiger partial charge on any atom is -0.167 e. The summed E-state index contributed by atoms with van der Waals surface area (Å²) in [5.74, 6) is -10.2. The number of alkyl halides is 6. The van der Waals surface area contributed by atoms with Gasteiger partial charge in [0.1, 0.15) is 8.58 Å². The Morgan fingerprint density at radius 2 is 0.889 bits per heavy atom. The van der Waals surface area contributed by atoms with Crippen molar-refractivity contribution in [1.82, 2.24) is 0 Å². The van der Waals surface area contributed by atoms with E-state index in [1.165, 1.54) is 0 Å². The number of halogens is 6. The number of hydrogen-bond acceptors (Lipinski definition) is 0. The molecule has 0 rings (SSSR count). The summed E-state index contributed by atoms with van der Waals surface area (Å²) < 4.78 is 65.1. The highest BCUT2D eigenvalue weighted by Crippen LogP contribution is 2.49. The quantitative estimate of drug-likeness (QED) is 0.387. The van der Waals surface area contributed by atoms with E-state index in [2.05, 4.69) is 0 Å². The molecule has 0 N–H and O–H groups in total. The van der Waals surface area contributed by atoms with Crippen molar-refractivity contribution in [1.29, 1.82) is 0 Å². The second-order valence-corrected chi connectivity index (χ2v) is 2.50. The molecule has 0 saturated carbocycles. The molecular weight excluding hydrogens is 169 g/mol. The first-order valence-electron chi connectivity index (χ1n) is 1.63. The molecule has 0 heterocycles. The number of rotatable bonds is 0. The Morgan fingerprint density at radius 3 is 0.889 bits per heavy atom. The minimum atomic E-state index is -5.11. The van der Waals surface area contributed by atoms with Crippen LogP contribution in [0.4, 0.5) is 26.3 Å². The van der Waals surface area contributed by atoms with Crippen LogP contribution in [0.2, 0.25) is 0 Å².